The fourth-order valence-corrected chi connectivity index (χ4v) is 20.6. The van der Waals surface area contributed by atoms with Crippen molar-refractivity contribution in [1.82, 2.24) is 68.1 Å². The summed E-state index contributed by atoms with van der Waals surface area (Å²) in [5.41, 5.74) is 24.3. The van der Waals surface area contributed by atoms with Crippen molar-refractivity contribution in [2.24, 2.45) is 0 Å². The summed E-state index contributed by atoms with van der Waals surface area (Å²) < 4.78 is 9.05. The third kappa shape index (κ3) is 12.0. The molecule has 0 saturated heterocycles. The average molecular weight is 1710 g/mol. The van der Waals surface area contributed by atoms with Crippen LogP contribution in [0.15, 0.2) is 437 Å². The highest BCUT2D eigenvalue weighted by Crippen LogP contribution is 2.51. The smallest absolute Gasteiger partial charge is 0.238 e. The molecule has 16 nitrogen and oxygen atoms in total. The largest absolute Gasteiger partial charge is 0.311 e. The SMILES string of the molecule is c1ccc(-c2nc(-c3ccccc3)nc(-n3c4cccnc4c4c5ccc6cc7c(c8ccc(cc43)c5c68)c3ncccc3n7-c3nc(-c4ccccc4)nc(-c4ccccc4)n3)n2)cc1.c1ccc(N(c2ccccc2)c2ccc(-n3c4cccnc4c4c5ccc6cc7c(c8ccc(cc43)c5c68)c3ncccc3n7-c3ccc(N(c4ccccc4)c4ccccc4)cc3)cc2)cc1. The zero-order valence-electron chi connectivity index (χ0n) is 71.7. The van der Waals surface area contributed by atoms with Gasteiger partial charge in [-0.1, -0.05) is 243 Å². The number of anilines is 6. The number of benzene rings is 18. The van der Waals surface area contributed by atoms with Gasteiger partial charge in [-0.15, -0.1) is 0 Å². The van der Waals surface area contributed by atoms with Crippen LogP contribution in [0.25, 0.3) is 221 Å². The van der Waals surface area contributed by atoms with E-state index in [4.69, 9.17) is 49.8 Å². The van der Waals surface area contributed by atoms with E-state index in [-0.39, 0.29) is 0 Å². The average Bonchev–Trinajstić information content (AvgIpc) is 1.49. The zero-order chi connectivity index (χ0) is 88.0. The van der Waals surface area contributed by atoms with Gasteiger partial charge in [0.1, 0.15) is 0 Å². The van der Waals surface area contributed by atoms with Crippen LogP contribution < -0.4 is 9.80 Å². The summed E-state index contributed by atoms with van der Waals surface area (Å²) >= 11 is 0. The first-order valence-electron chi connectivity index (χ1n) is 44.8. The van der Waals surface area contributed by atoms with Crippen LogP contribution in [0.5, 0.6) is 0 Å². The van der Waals surface area contributed by atoms with Crippen LogP contribution in [0.4, 0.5) is 34.1 Å². The molecule has 0 aliphatic carbocycles. The first kappa shape index (κ1) is 75.6. The van der Waals surface area contributed by atoms with Gasteiger partial charge in [0, 0.05) is 114 Å². The zero-order valence-corrected chi connectivity index (χ0v) is 71.7. The Kier molecular flexibility index (Phi) is 17.3. The maximum Gasteiger partial charge on any atom is 0.238 e. The van der Waals surface area contributed by atoms with Crippen molar-refractivity contribution in [2.75, 3.05) is 9.80 Å². The highest BCUT2D eigenvalue weighted by Gasteiger charge is 2.29. The molecule has 0 spiro atoms. The molecule has 10 heterocycles. The van der Waals surface area contributed by atoms with Gasteiger partial charge >= 0.3 is 0 Å². The molecule has 28 rings (SSSR count). The Morgan fingerprint density at radius 3 is 0.649 bits per heavy atom. The first-order valence-corrected chi connectivity index (χ1v) is 44.8. The van der Waals surface area contributed by atoms with Crippen LogP contribution in [-0.2, 0) is 0 Å². The maximum atomic E-state index is 5.18. The van der Waals surface area contributed by atoms with Crippen LogP contribution in [0.2, 0.25) is 0 Å². The van der Waals surface area contributed by atoms with Crippen molar-refractivity contribution < 1.29 is 0 Å². The molecule has 134 heavy (non-hydrogen) atoms. The van der Waals surface area contributed by atoms with E-state index in [9.17, 15) is 0 Å². The van der Waals surface area contributed by atoms with Gasteiger partial charge in [-0.3, -0.25) is 29.1 Å². The Bertz CT molecular complexity index is 8730. The van der Waals surface area contributed by atoms with Crippen LogP contribution in [0.1, 0.15) is 0 Å². The normalized spacial score (nSPS) is 11.9. The minimum atomic E-state index is 0.522. The number of nitrogens with zero attached hydrogens (tertiary/aromatic N) is 16. The highest BCUT2D eigenvalue weighted by atomic mass is 15.2. The lowest BCUT2D eigenvalue weighted by atomic mass is 9.91. The van der Waals surface area contributed by atoms with E-state index in [1.165, 1.54) is 32.3 Å². The fraction of sp³-hybridized carbons (Fsp3) is 0. The Labute approximate surface area is 765 Å². The standard InChI is InChI=1S/C62H40N6.C56H32N10/c1-5-15-43(16-6-1)65(44-17-7-2-8-18-44)47-27-31-49(32-28-47)67-53-23-13-37-63-61(53)59-51-35-26-42-40-56-60(52-36-25-41(39-55(59)67)57(51)58(42)52)62-54(24-14-38-64-62)68(56)50-33-29-48(30-34-50)66(45-19-9-3-10-20-45)46-21-11-4-12-22-46;1-5-15-33(16-6-1)51-59-52(34-17-7-2-8-18-34)62-55(61-51)65-41-23-13-29-57-49(41)47-39-27-26-38-32-44-48(40-28-25-37(31-43(47)65)45(39)46(38)40)50-42(24-14-30-58-50)66(44)56-63-53(35-19-9-3-10-20-35)60-54(64-56)36-21-11-4-12-22-36/h1-40H;1-32H. The molecule has 0 amide bonds. The molecule has 10 aromatic heterocycles. The van der Waals surface area contributed by atoms with Crippen LogP contribution in [0, 0.1) is 0 Å². The molecule has 28 aromatic rings. The minimum Gasteiger partial charge on any atom is -0.311 e. The van der Waals surface area contributed by atoms with Gasteiger partial charge in [0.05, 0.1) is 66.2 Å². The minimum absolute atomic E-state index is 0.522. The third-order valence-corrected chi connectivity index (χ3v) is 26.3. The molecule has 0 bridgehead atoms. The van der Waals surface area contributed by atoms with E-state index < -0.39 is 0 Å². The summed E-state index contributed by atoms with van der Waals surface area (Å²) in [7, 11) is 0. The molecule has 0 fully saturated rings. The second-order valence-corrected chi connectivity index (χ2v) is 33.8. The molecule has 0 aliphatic rings. The van der Waals surface area contributed by atoms with Gasteiger partial charge in [0.2, 0.25) is 11.9 Å². The number of aromatic nitrogens is 14. The third-order valence-electron chi connectivity index (χ3n) is 26.3. The van der Waals surface area contributed by atoms with Gasteiger partial charge in [0.15, 0.2) is 23.3 Å². The van der Waals surface area contributed by atoms with Crippen LogP contribution in [-0.4, -0.2) is 68.1 Å². The fourth-order valence-electron chi connectivity index (χ4n) is 20.6. The van der Waals surface area contributed by atoms with Crippen molar-refractivity contribution in [3.8, 4) is 68.8 Å². The molecule has 0 saturated carbocycles. The number of rotatable bonds is 14. The molecule has 0 unspecified atom stereocenters. The first-order chi connectivity index (χ1) is 66.5. The Morgan fingerprint density at radius 2 is 0.396 bits per heavy atom. The van der Waals surface area contributed by atoms with Crippen molar-refractivity contribution in [1.29, 1.82) is 0 Å². The second kappa shape index (κ2) is 30.6. The number of hydrogen-bond acceptors (Lipinski definition) is 12. The molecule has 16 heteroatoms. The van der Waals surface area contributed by atoms with E-state index in [0.29, 0.717) is 35.2 Å². The van der Waals surface area contributed by atoms with E-state index in [0.717, 1.165) is 188 Å². The van der Waals surface area contributed by atoms with Gasteiger partial charge in [-0.05, 0) is 234 Å². The monoisotopic (exact) mass is 1710 g/mol. The Morgan fingerprint density at radius 1 is 0.172 bits per heavy atom. The van der Waals surface area contributed by atoms with Gasteiger partial charge in [-0.25, -0.2) is 9.97 Å². The van der Waals surface area contributed by atoms with Gasteiger partial charge in [0.25, 0.3) is 0 Å². The molecule has 0 atom stereocenters. The lowest BCUT2D eigenvalue weighted by Crippen LogP contribution is -2.09. The highest BCUT2D eigenvalue weighted by molar-refractivity contribution is 6.39. The summed E-state index contributed by atoms with van der Waals surface area (Å²) in [6.07, 6.45) is 7.56. The second-order valence-electron chi connectivity index (χ2n) is 33.8. The van der Waals surface area contributed by atoms with Crippen molar-refractivity contribution in [2.45, 2.75) is 0 Å². The molecule has 624 valence electrons. The van der Waals surface area contributed by atoms with Crippen molar-refractivity contribution in [3.05, 3.63) is 437 Å². The molecular formula is C118H72N16. The van der Waals surface area contributed by atoms with E-state index in [1.807, 2.05) is 170 Å². The topological polar surface area (TPSA) is 155 Å². The quantitative estimate of drug-likeness (QED) is 0.0952. The Hall–Kier alpha value is -18.5. The predicted octanol–water partition coefficient (Wildman–Crippen LogP) is 29.1. The summed E-state index contributed by atoms with van der Waals surface area (Å²) in [6.45, 7) is 0. The summed E-state index contributed by atoms with van der Waals surface area (Å²) in [6, 6.07) is 144. The molecule has 18 aromatic carbocycles. The summed E-state index contributed by atoms with van der Waals surface area (Å²) in [5.74, 6) is 3.42. The van der Waals surface area contributed by atoms with Gasteiger partial charge in [-0.2, -0.15) is 19.9 Å². The van der Waals surface area contributed by atoms with Crippen molar-refractivity contribution >= 4 is 187 Å². The number of hydrogen-bond donors (Lipinski definition) is 0. The summed E-state index contributed by atoms with van der Waals surface area (Å²) in [5, 5.41) is 18.3. The molecule has 0 N–H and O–H groups in total. The van der Waals surface area contributed by atoms with Crippen LogP contribution in [0.3, 0.4) is 0 Å². The summed E-state index contributed by atoms with van der Waals surface area (Å²) in [4.78, 5) is 55.6. The molecule has 0 aliphatic heterocycles. The van der Waals surface area contributed by atoms with E-state index in [2.05, 4.69) is 295 Å². The maximum absolute atomic E-state index is 5.18. The number of pyridine rings is 4. The Balaban J connectivity index is 0.000000137. The molecular weight excluding hydrogens is 1640 g/mol. The van der Waals surface area contributed by atoms with Crippen LogP contribution >= 0.6 is 0 Å². The van der Waals surface area contributed by atoms with Crippen molar-refractivity contribution in [3.63, 3.8) is 0 Å². The molecule has 0 radical (unpaired) electrons. The number of para-hydroxylation sites is 4. The van der Waals surface area contributed by atoms with E-state index in [1.54, 1.807) is 0 Å². The predicted molar refractivity (Wildman–Crippen MR) is 547 cm³/mol. The lowest BCUT2D eigenvalue weighted by molar-refractivity contribution is 0.952. The van der Waals surface area contributed by atoms with Gasteiger partial charge < -0.3 is 18.9 Å². The number of fused-ring (bicyclic) bond motifs is 16. The lowest BCUT2D eigenvalue weighted by Gasteiger charge is -2.25. The van der Waals surface area contributed by atoms with E-state index >= 15 is 0 Å².